The molecular formula is C29H27F2N2O3+. The van der Waals surface area contributed by atoms with Gasteiger partial charge in [0, 0.05) is 29.9 Å². The van der Waals surface area contributed by atoms with Crippen molar-refractivity contribution in [3.8, 4) is 0 Å². The van der Waals surface area contributed by atoms with Crippen LogP contribution in [-0.4, -0.2) is 54.2 Å². The van der Waals surface area contributed by atoms with Gasteiger partial charge < -0.3 is 9.22 Å². The smallest absolute Gasteiger partial charge is 0.358 e. The zero-order valence-corrected chi connectivity index (χ0v) is 19.8. The third kappa shape index (κ3) is 5.26. The number of piperidine rings is 3. The molecule has 3 aliphatic heterocycles. The Bertz CT molecular complexity index is 1300. The van der Waals surface area contributed by atoms with E-state index in [4.69, 9.17) is 4.74 Å². The van der Waals surface area contributed by atoms with Crippen LogP contribution in [0.5, 0.6) is 0 Å². The molecule has 184 valence electrons. The number of Topliss-reactive ketones (excluding diaryl/α,β-unsaturated/α-hetero) is 1. The molecule has 3 fully saturated rings. The summed E-state index contributed by atoms with van der Waals surface area (Å²) < 4.78 is 34.3. The molecule has 36 heavy (non-hydrogen) atoms. The van der Waals surface area contributed by atoms with E-state index in [-0.39, 0.29) is 34.8 Å². The molecule has 3 heterocycles. The number of quaternary nitrogens is 1. The van der Waals surface area contributed by atoms with Gasteiger partial charge in [0.25, 0.3) is 0 Å². The first-order chi connectivity index (χ1) is 17.4. The van der Waals surface area contributed by atoms with Crippen LogP contribution in [0, 0.1) is 17.6 Å². The first-order valence-electron chi connectivity index (χ1n) is 12.2. The molecule has 3 aromatic carbocycles. The van der Waals surface area contributed by atoms with Crippen LogP contribution in [-0.2, 0) is 9.53 Å². The number of halogens is 2. The van der Waals surface area contributed by atoms with E-state index in [9.17, 15) is 18.4 Å². The number of hydrogen-bond acceptors (Lipinski definition) is 4. The van der Waals surface area contributed by atoms with Crippen molar-refractivity contribution in [2.24, 2.45) is 10.9 Å². The Kier molecular flexibility index (Phi) is 6.74. The third-order valence-electron chi connectivity index (χ3n) is 7.22. The van der Waals surface area contributed by atoms with Crippen LogP contribution < -0.4 is 0 Å². The van der Waals surface area contributed by atoms with Gasteiger partial charge in [-0.15, -0.1) is 0 Å². The van der Waals surface area contributed by atoms with Gasteiger partial charge in [0.2, 0.25) is 5.78 Å². The van der Waals surface area contributed by atoms with Crippen molar-refractivity contribution in [1.82, 2.24) is 0 Å². The molecule has 0 aromatic heterocycles. The molecule has 0 amide bonds. The van der Waals surface area contributed by atoms with Crippen molar-refractivity contribution in [3.63, 3.8) is 0 Å². The predicted octanol–water partition coefficient (Wildman–Crippen LogP) is 5.12. The second kappa shape index (κ2) is 10.1. The minimum atomic E-state index is -0.684. The highest BCUT2D eigenvalue weighted by atomic mass is 19.1. The maximum atomic E-state index is 14.0. The summed E-state index contributed by atoms with van der Waals surface area (Å²) in [6, 6.07) is 20.3. The van der Waals surface area contributed by atoms with Gasteiger partial charge in [-0.3, -0.25) is 4.79 Å². The average Bonchev–Trinajstić information content (AvgIpc) is 2.88. The monoisotopic (exact) mass is 489 g/mol. The summed E-state index contributed by atoms with van der Waals surface area (Å²) in [7, 11) is 0. The number of benzene rings is 3. The SMILES string of the molecule is O=C(O[C@H]1C[N+]2(CC(=O)c3ccccc3)CCC1CC2)C(=Nc1cccc(F)c1)c1cccc(F)c1. The molecule has 3 aromatic rings. The molecule has 5 nitrogen and oxygen atoms in total. The highest BCUT2D eigenvalue weighted by molar-refractivity contribution is 6.43. The van der Waals surface area contributed by atoms with E-state index >= 15 is 0 Å². The van der Waals surface area contributed by atoms with E-state index in [0.717, 1.165) is 25.9 Å². The number of carbonyl (C=O) groups is 2. The topological polar surface area (TPSA) is 55.7 Å². The Hall–Kier alpha value is -3.71. The van der Waals surface area contributed by atoms with E-state index in [0.29, 0.717) is 23.1 Å². The number of nitrogens with zero attached hydrogens (tertiary/aromatic N) is 2. The molecule has 7 heteroatoms. The standard InChI is InChI=1S/C29H27F2N2O3/c30-23-9-4-8-22(16-23)28(32-25-11-5-10-24(31)17-25)29(35)36-27-19-33(14-12-21(27)13-15-33)18-26(34)20-6-2-1-3-7-20/h1-11,16-17,21,27H,12-15,18-19H2/q+1/t21?,27-,33?/m0/s1. The van der Waals surface area contributed by atoms with Crippen molar-refractivity contribution >= 4 is 23.2 Å². The molecule has 0 spiro atoms. The lowest BCUT2D eigenvalue weighted by molar-refractivity contribution is -0.938. The molecule has 0 unspecified atom stereocenters. The van der Waals surface area contributed by atoms with Crippen LogP contribution in [0.15, 0.2) is 83.9 Å². The molecule has 0 aliphatic carbocycles. The normalized spacial score (nSPS) is 23.3. The van der Waals surface area contributed by atoms with E-state index in [1.807, 2.05) is 30.3 Å². The summed E-state index contributed by atoms with van der Waals surface area (Å²) in [6.45, 7) is 2.64. The second-order valence-corrected chi connectivity index (χ2v) is 9.65. The van der Waals surface area contributed by atoms with Crippen molar-refractivity contribution < 1.29 is 27.6 Å². The first kappa shape index (κ1) is 24.0. The number of ketones is 1. The first-order valence-corrected chi connectivity index (χ1v) is 12.2. The van der Waals surface area contributed by atoms with Gasteiger partial charge in [0.1, 0.15) is 24.7 Å². The summed E-state index contributed by atoms with van der Waals surface area (Å²) in [4.78, 5) is 30.7. The van der Waals surface area contributed by atoms with Crippen LogP contribution in [0.2, 0.25) is 0 Å². The van der Waals surface area contributed by atoms with Crippen LogP contribution in [0.25, 0.3) is 0 Å². The van der Waals surface area contributed by atoms with Crippen molar-refractivity contribution in [3.05, 3.63) is 102 Å². The highest BCUT2D eigenvalue weighted by Gasteiger charge is 2.48. The largest absolute Gasteiger partial charge is 0.451 e. The Morgan fingerprint density at radius 2 is 1.53 bits per heavy atom. The van der Waals surface area contributed by atoms with Crippen molar-refractivity contribution in [2.75, 3.05) is 26.2 Å². The highest BCUT2D eigenvalue weighted by Crippen LogP contribution is 2.36. The second-order valence-electron chi connectivity index (χ2n) is 9.65. The minimum absolute atomic E-state index is 0.0779. The fraction of sp³-hybridized carbons (Fsp3) is 0.276. The van der Waals surface area contributed by atoms with Crippen LogP contribution in [0.1, 0.15) is 28.8 Å². The molecule has 2 bridgehead atoms. The number of aliphatic imine (C=N–C) groups is 1. The molecule has 0 saturated carbocycles. The predicted molar refractivity (Wildman–Crippen MR) is 132 cm³/mol. The van der Waals surface area contributed by atoms with Gasteiger partial charge in [-0.2, -0.15) is 0 Å². The van der Waals surface area contributed by atoms with Crippen molar-refractivity contribution in [2.45, 2.75) is 18.9 Å². The molecule has 1 atom stereocenters. The summed E-state index contributed by atoms with van der Waals surface area (Å²) in [5.74, 6) is -1.41. The molecule has 3 aliphatic rings. The molecule has 0 N–H and O–H groups in total. The van der Waals surface area contributed by atoms with Gasteiger partial charge in [-0.05, 0) is 30.3 Å². The van der Waals surface area contributed by atoms with Crippen molar-refractivity contribution in [1.29, 1.82) is 0 Å². The van der Waals surface area contributed by atoms with Gasteiger partial charge in [0.05, 0.1) is 18.8 Å². The lowest BCUT2D eigenvalue weighted by Crippen LogP contribution is -2.65. The fourth-order valence-electron chi connectivity index (χ4n) is 5.33. The lowest BCUT2D eigenvalue weighted by Gasteiger charge is -2.51. The molecule has 3 saturated heterocycles. The number of carbonyl (C=O) groups excluding carboxylic acids is 2. The minimum Gasteiger partial charge on any atom is -0.451 e. The maximum absolute atomic E-state index is 14.0. The Morgan fingerprint density at radius 1 is 0.861 bits per heavy atom. The molecule has 0 radical (unpaired) electrons. The van der Waals surface area contributed by atoms with Crippen LogP contribution >= 0.6 is 0 Å². The van der Waals surface area contributed by atoms with Gasteiger partial charge >= 0.3 is 5.97 Å². The molecular weight excluding hydrogens is 462 g/mol. The van der Waals surface area contributed by atoms with Crippen LogP contribution in [0.3, 0.4) is 0 Å². The lowest BCUT2D eigenvalue weighted by atomic mass is 9.82. The summed E-state index contributed by atoms with van der Waals surface area (Å²) in [6.07, 6.45) is 1.34. The summed E-state index contributed by atoms with van der Waals surface area (Å²) >= 11 is 0. The van der Waals surface area contributed by atoms with Gasteiger partial charge in [-0.1, -0.05) is 48.5 Å². The van der Waals surface area contributed by atoms with E-state index in [1.54, 1.807) is 12.1 Å². The number of esters is 1. The number of hydrogen-bond donors (Lipinski definition) is 0. The zero-order valence-electron chi connectivity index (χ0n) is 19.8. The quantitative estimate of drug-likeness (QED) is 0.200. The van der Waals surface area contributed by atoms with E-state index in [2.05, 4.69) is 4.99 Å². The summed E-state index contributed by atoms with van der Waals surface area (Å²) in [5.41, 5.74) is 1.09. The zero-order chi connectivity index (χ0) is 25.1. The van der Waals surface area contributed by atoms with E-state index < -0.39 is 17.6 Å². The fourth-order valence-corrected chi connectivity index (χ4v) is 5.33. The van der Waals surface area contributed by atoms with E-state index in [1.165, 1.54) is 36.4 Å². The van der Waals surface area contributed by atoms with Crippen LogP contribution in [0.4, 0.5) is 14.5 Å². The summed E-state index contributed by atoms with van der Waals surface area (Å²) in [5, 5.41) is 0. The molecule has 6 rings (SSSR count). The Labute approximate surface area is 208 Å². The number of rotatable bonds is 7. The Morgan fingerprint density at radius 3 is 2.22 bits per heavy atom. The number of ether oxygens (including phenoxy) is 1. The number of fused-ring (bicyclic) bond motifs is 3. The average molecular weight is 490 g/mol. The van der Waals surface area contributed by atoms with Gasteiger partial charge in [-0.25, -0.2) is 18.6 Å². The maximum Gasteiger partial charge on any atom is 0.358 e. The van der Waals surface area contributed by atoms with Gasteiger partial charge in [0.15, 0.2) is 11.8 Å². The third-order valence-corrected chi connectivity index (χ3v) is 7.22. The Balaban J connectivity index is 1.38.